The Labute approximate surface area is 78.6 Å². The molecule has 4 nitrogen and oxygen atoms in total. The number of carboxylic acid groups (broad SMARTS) is 2. The number of rotatable bonds is 2. The van der Waals surface area contributed by atoms with Crippen LogP contribution in [0.1, 0.15) is 26.3 Å². The normalized spacial score (nSPS) is 9.86. The van der Waals surface area contributed by atoms with Gasteiger partial charge in [-0.25, -0.2) is 14.0 Å². The van der Waals surface area contributed by atoms with Crippen molar-refractivity contribution in [1.29, 1.82) is 0 Å². The Balaban J connectivity index is 3.43. The van der Waals surface area contributed by atoms with Crippen LogP contribution in [0.3, 0.4) is 0 Å². The van der Waals surface area contributed by atoms with Gasteiger partial charge in [0, 0.05) is 0 Å². The maximum absolute atomic E-state index is 13.0. The number of aromatic carboxylic acids is 2. The lowest BCUT2D eigenvalue weighted by molar-refractivity contribution is 0.0695. The van der Waals surface area contributed by atoms with Crippen LogP contribution in [-0.2, 0) is 0 Å². The van der Waals surface area contributed by atoms with E-state index in [2.05, 4.69) is 0 Å². The van der Waals surface area contributed by atoms with E-state index < -0.39 is 17.8 Å². The van der Waals surface area contributed by atoms with Crippen LogP contribution in [0.2, 0.25) is 0 Å². The van der Waals surface area contributed by atoms with Crippen LogP contribution in [-0.4, -0.2) is 22.2 Å². The lowest BCUT2D eigenvalue weighted by Gasteiger charge is -2.03. The molecule has 0 amide bonds. The van der Waals surface area contributed by atoms with Crippen molar-refractivity contribution in [3.8, 4) is 0 Å². The zero-order chi connectivity index (χ0) is 10.9. The number of hydrogen-bond donors (Lipinski definition) is 2. The van der Waals surface area contributed by atoms with Crippen molar-refractivity contribution in [3.63, 3.8) is 0 Å². The van der Waals surface area contributed by atoms with E-state index >= 15 is 0 Å². The maximum Gasteiger partial charge on any atom is 0.336 e. The molecule has 0 spiro atoms. The molecule has 0 aliphatic heterocycles. The molecular weight excluding hydrogens is 191 g/mol. The standard InChI is InChI=1S/C9H7FO4/c1-4-6(9(13)14)2-5(8(11)12)3-7(4)10/h2-3H,1H3,(H,11,12)(H,13,14). The highest BCUT2D eigenvalue weighted by molar-refractivity contribution is 5.94. The van der Waals surface area contributed by atoms with Gasteiger partial charge in [0.1, 0.15) is 5.82 Å². The molecule has 1 aromatic rings. The van der Waals surface area contributed by atoms with E-state index in [-0.39, 0.29) is 16.7 Å². The summed E-state index contributed by atoms with van der Waals surface area (Å²) in [6.07, 6.45) is 0. The van der Waals surface area contributed by atoms with Gasteiger partial charge in [-0.15, -0.1) is 0 Å². The minimum atomic E-state index is -1.36. The SMILES string of the molecule is Cc1c(F)cc(C(=O)O)cc1C(=O)O. The Morgan fingerprint density at radius 1 is 1.21 bits per heavy atom. The lowest BCUT2D eigenvalue weighted by atomic mass is 10.0. The number of halogens is 1. The number of carbonyl (C=O) groups is 2. The Hall–Kier alpha value is -1.91. The zero-order valence-corrected chi connectivity index (χ0v) is 7.24. The molecule has 0 bridgehead atoms. The van der Waals surface area contributed by atoms with Crippen molar-refractivity contribution in [2.75, 3.05) is 0 Å². The Kier molecular flexibility index (Phi) is 2.51. The largest absolute Gasteiger partial charge is 0.478 e. The first-order valence-corrected chi connectivity index (χ1v) is 3.70. The van der Waals surface area contributed by atoms with E-state index in [0.717, 1.165) is 12.1 Å². The number of benzene rings is 1. The second-order valence-electron chi connectivity index (χ2n) is 2.74. The van der Waals surface area contributed by atoms with Gasteiger partial charge >= 0.3 is 11.9 Å². The van der Waals surface area contributed by atoms with E-state index in [1.54, 1.807) is 0 Å². The van der Waals surface area contributed by atoms with Crippen LogP contribution in [0, 0.1) is 12.7 Å². The molecule has 0 saturated heterocycles. The summed E-state index contributed by atoms with van der Waals surface area (Å²) in [7, 11) is 0. The average Bonchev–Trinajstić information content (AvgIpc) is 2.08. The van der Waals surface area contributed by atoms with Gasteiger partial charge in [-0.3, -0.25) is 0 Å². The molecule has 0 aliphatic carbocycles. The van der Waals surface area contributed by atoms with Crippen LogP contribution >= 0.6 is 0 Å². The summed E-state index contributed by atoms with van der Waals surface area (Å²) in [6, 6.07) is 1.73. The molecule has 1 rings (SSSR count). The van der Waals surface area contributed by atoms with Crippen LogP contribution in [0.4, 0.5) is 4.39 Å². The smallest absolute Gasteiger partial charge is 0.336 e. The molecule has 0 aliphatic rings. The third-order valence-electron chi connectivity index (χ3n) is 1.82. The summed E-state index contributed by atoms with van der Waals surface area (Å²) >= 11 is 0. The second kappa shape index (κ2) is 3.45. The van der Waals surface area contributed by atoms with Gasteiger partial charge in [0.2, 0.25) is 0 Å². The van der Waals surface area contributed by atoms with Crippen molar-refractivity contribution in [1.82, 2.24) is 0 Å². The summed E-state index contributed by atoms with van der Waals surface area (Å²) in [4.78, 5) is 21.1. The third-order valence-corrected chi connectivity index (χ3v) is 1.82. The number of carboxylic acids is 2. The van der Waals surface area contributed by atoms with E-state index in [1.807, 2.05) is 0 Å². The highest BCUT2D eigenvalue weighted by atomic mass is 19.1. The van der Waals surface area contributed by atoms with E-state index in [1.165, 1.54) is 6.92 Å². The predicted octanol–water partition coefficient (Wildman–Crippen LogP) is 1.53. The molecule has 0 unspecified atom stereocenters. The summed E-state index contributed by atoms with van der Waals surface area (Å²) in [6.45, 7) is 1.28. The minimum absolute atomic E-state index is 0.0671. The monoisotopic (exact) mass is 198 g/mol. The Bertz CT molecular complexity index is 412. The molecule has 2 N–H and O–H groups in total. The van der Waals surface area contributed by atoms with Gasteiger partial charge in [-0.2, -0.15) is 0 Å². The summed E-state index contributed by atoms with van der Waals surface area (Å²) in [5, 5.41) is 17.2. The van der Waals surface area contributed by atoms with Gasteiger partial charge in [0.05, 0.1) is 11.1 Å². The molecule has 74 valence electrons. The van der Waals surface area contributed by atoms with Gasteiger partial charge in [-0.05, 0) is 24.6 Å². The second-order valence-corrected chi connectivity index (χ2v) is 2.74. The number of hydrogen-bond acceptors (Lipinski definition) is 2. The fourth-order valence-electron chi connectivity index (χ4n) is 1.02. The Morgan fingerprint density at radius 3 is 2.21 bits per heavy atom. The van der Waals surface area contributed by atoms with Crippen molar-refractivity contribution in [3.05, 3.63) is 34.6 Å². The lowest BCUT2D eigenvalue weighted by Crippen LogP contribution is -2.06. The third kappa shape index (κ3) is 1.71. The highest BCUT2D eigenvalue weighted by Gasteiger charge is 2.15. The molecule has 1 aromatic carbocycles. The minimum Gasteiger partial charge on any atom is -0.478 e. The molecule has 14 heavy (non-hydrogen) atoms. The molecule has 0 fully saturated rings. The van der Waals surface area contributed by atoms with Crippen LogP contribution in [0.25, 0.3) is 0 Å². The quantitative estimate of drug-likeness (QED) is 0.755. The van der Waals surface area contributed by atoms with Gasteiger partial charge in [-0.1, -0.05) is 0 Å². The predicted molar refractivity (Wildman–Crippen MR) is 45.1 cm³/mol. The first-order valence-electron chi connectivity index (χ1n) is 3.70. The van der Waals surface area contributed by atoms with Crippen molar-refractivity contribution in [2.45, 2.75) is 6.92 Å². The summed E-state index contributed by atoms with van der Waals surface area (Å²) < 4.78 is 13.0. The zero-order valence-electron chi connectivity index (χ0n) is 7.24. The van der Waals surface area contributed by atoms with E-state index in [4.69, 9.17) is 10.2 Å². The van der Waals surface area contributed by atoms with Gasteiger partial charge < -0.3 is 10.2 Å². The summed E-state index contributed by atoms with van der Waals surface area (Å²) in [5.74, 6) is -3.53. The topological polar surface area (TPSA) is 74.6 Å². The maximum atomic E-state index is 13.0. The fourth-order valence-corrected chi connectivity index (χ4v) is 1.02. The molecular formula is C9H7FO4. The average molecular weight is 198 g/mol. The molecule has 5 heteroatoms. The van der Waals surface area contributed by atoms with E-state index in [0.29, 0.717) is 0 Å². The highest BCUT2D eigenvalue weighted by Crippen LogP contribution is 2.15. The summed E-state index contributed by atoms with van der Waals surface area (Å²) in [5.41, 5.74) is -0.768. The molecule has 0 saturated carbocycles. The van der Waals surface area contributed by atoms with Crippen molar-refractivity contribution >= 4 is 11.9 Å². The molecule has 0 aromatic heterocycles. The molecule has 0 heterocycles. The van der Waals surface area contributed by atoms with Crippen molar-refractivity contribution in [2.24, 2.45) is 0 Å². The van der Waals surface area contributed by atoms with Gasteiger partial charge in [0.25, 0.3) is 0 Å². The molecule has 0 atom stereocenters. The van der Waals surface area contributed by atoms with Crippen LogP contribution < -0.4 is 0 Å². The fraction of sp³-hybridized carbons (Fsp3) is 0.111. The van der Waals surface area contributed by atoms with Gasteiger partial charge in [0.15, 0.2) is 0 Å². The first kappa shape index (κ1) is 10.2. The Morgan fingerprint density at radius 2 is 1.79 bits per heavy atom. The van der Waals surface area contributed by atoms with Crippen molar-refractivity contribution < 1.29 is 24.2 Å². The van der Waals surface area contributed by atoms with E-state index in [9.17, 15) is 14.0 Å². The molecule has 0 radical (unpaired) electrons. The van der Waals surface area contributed by atoms with Crippen LogP contribution in [0.15, 0.2) is 12.1 Å². The first-order chi connectivity index (χ1) is 6.43. The van der Waals surface area contributed by atoms with Crippen LogP contribution in [0.5, 0.6) is 0 Å².